The molecule has 0 heterocycles. The lowest BCUT2D eigenvalue weighted by atomic mass is 10.0. The van der Waals surface area contributed by atoms with Crippen LogP contribution in [-0.4, -0.2) is 23.7 Å². The largest absolute Gasteiger partial charge is 0.416 e. The highest BCUT2D eigenvalue weighted by Gasteiger charge is 2.30. The summed E-state index contributed by atoms with van der Waals surface area (Å²) in [4.78, 5) is 11.7. The molecule has 20 heavy (non-hydrogen) atoms. The zero-order valence-corrected chi connectivity index (χ0v) is 11.4. The summed E-state index contributed by atoms with van der Waals surface area (Å²) >= 11 is 0. The number of nitrogens with one attached hydrogen (secondary N) is 1. The molecule has 0 aliphatic carbocycles. The van der Waals surface area contributed by atoms with Gasteiger partial charge in [0.25, 0.3) is 5.91 Å². The Morgan fingerprint density at radius 2 is 1.80 bits per heavy atom. The second-order valence-corrected chi connectivity index (χ2v) is 4.98. The van der Waals surface area contributed by atoms with Crippen LogP contribution in [0, 0.1) is 5.92 Å². The lowest BCUT2D eigenvalue weighted by Gasteiger charge is -2.14. The van der Waals surface area contributed by atoms with Gasteiger partial charge in [-0.05, 0) is 43.5 Å². The molecule has 0 bridgehead atoms. The molecule has 2 unspecified atom stereocenters. The first-order valence-corrected chi connectivity index (χ1v) is 6.33. The average Bonchev–Trinajstić information content (AvgIpc) is 2.34. The summed E-state index contributed by atoms with van der Waals surface area (Å²) in [6, 6.07) is 4.07. The molecule has 1 aromatic rings. The summed E-state index contributed by atoms with van der Waals surface area (Å²) in [5.41, 5.74) is -0.598. The molecule has 2 N–H and O–H groups in total. The number of amides is 1. The van der Waals surface area contributed by atoms with Crippen molar-refractivity contribution in [3.63, 3.8) is 0 Å². The second kappa shape index (κ2) is 6.74. The van der Waals surface area contributed by atoms with Crippen LogP contribution in [0.3, 0.4) is 0 Å². The van der Waals surface area contributed by atoms with E-state index in [0.29, 0.717) is 13.0 Å². The fourth-order valence-corrected chi connectivity index (χ4v) is 1.85. The Bertz CT molecular complexity index is 441. The summed E-state index contributed by atoms with van der Waals surface area (Å²) in [6.45, 7) is 3.90. The highest BCUT2D eigenvalue weighted by Crippen LogP contribution is 2.29. The quantitative estimate of drug-likeness (QED) is 0.875. The Morgan fingerprint density at radius 1 is 1.25 bits per heavy atom. The van der Waals surface area contributed by atoms with E-state index in [1.807, 2.05) is 6.92 Å². The highest BCUT2D eigenvalue weighted by atomic mass is 19.4. The lowest BCUT2D eigenvalue weighted by Crippen LogP contribution is -2.29. The Hall–Kier alpha value is -1.56. The van der Waals surface area contributed by atoms with E-state index < -0.39 is 23.8 Å². The minimum absolute atomic E-state index is 0.0911. The third-order valence-electron chi connectivity index (χ3n) is 2.83. The predicted octanol–water partition coefficient (Wildman–Crippen LogP) is 2.84. The SMILES string of the molecule is CC(O)CC(C)CNC(=O)c1ccc(C(F)(F)F)cc1. The maximum atomic E-state index is 12.4. The second-order valence-electron chi connectivity index (χ2n) is 4.98. The first-order valence-electron chi connectivity index (χ1n) is 6.33. The topological polar surface area (TPSA) is 49.3 Å². The van der Waals surface area contributed by atoms with Gasteiger partial charge in [0.05, 0.1) is 11.7 Å². The Morgan fingerprint density at radius 3 is 2.25 bits per heavy atom. The summed E-state index contributed by atoms with van der Waals surface area (Å²) in [7, 11) is 0. The van der Waals surface area contributed by atoms with E-state index in [-0.39, 0.29) is 11.5 Å². The first kappa shape index (κ1) is 16.5. The minimum Gasteiger partial charge on any atom is -0.393 e. The van der Waals surface area contributed by atoms with Crippen LogP contribution < -0.4 is 5.32 Å². The maximum absolute atomic E-state index is 12.4. The van der Waals surface area contributed by atoms with Crippen molar-refractivity contribution < 1.29 is 23.1 Å². The summed E-state index contributed by atoms with van der Waals surface area (Å²) in [6.07, 6.45) is -4.30. The van der Waals surface area contributed by atoms with Crippen molar-refractivity contribution in [1.82, 2.24) is 5.32 Å². The van der Waals surface area contributed by atoms with Gasteiger partial charge in [-0.3, -0.25) is 4.79 Å². The molecule has 2 atom stereocenters. The molecule has 1 amide bonds. The Kier molecular flexibility index (Phi) is 5.56. The number of carbonyl (C=O) groups is 1. The fourth-order valence-electron chi connectivity index (χ4n) is 1.85. The van der Waals surface area contributed by atoms with E-state index in [1.165, 1.54) is 0 Å². The average molecular weight is 289 g/mol. The number of alkyl halides is 3. The van der Waals surface area contributed by atoms with E-state index in [0.717, 1.165) is 24.3 Å². The van der Waals surface area contributed by atoms with E-state index >= 15 is 0 Å². The summed E-state index contributed by atoms with van der Waals surface area (Å²) < 4.78 is 37.1. The van der Waals surface area contributed by atoms with Gasteiger partial charge in [0.2, 0.25) is 0 Å². The molecule has 0 fully saturated rings. The molecule has 0 saturated carbocycles. The molecule has 1 rings (SSSR count). The van der Waals surface area contributed by atoms with Crippen molar-refractivity contribution in [3.8, 4) is 0 Å². The van der Waals surface area contributed by atoms with Crippen molar-refractivity contribution in [3.05, 3.63) is 35.4 Å². The molecule has 0 aliphatic rings. The van der Waals surface area contributed by atoms with Crippen LogP contribution in [0.15, 0.2) is 24.3 Å². The Balaban J connectivity index is 2.56. The smallest absolute Gasteiger partial charge is 0.393 e. The van der Waals surface area contributed by atoms with Crippen molar-refractivity contribution in [2.24, 2.45) is 5.92 Å². The monoisotopic (exact) mass is 289 g/mol. The molecule has 0 saturated heterocycles. The molecule has 112 valence electrons. The van der Waals surface area contributed by atoms with Crippen molar-refractivity contribution >= 4 is 5.91 Å². The van der Waals surface area contributed by atoms with E-state index in [1.54, 1.807) is 6.92 Å². The Labute approximate surface area is 115 Å². The van der Waals surface area contributed by atoms with Gasteiger partial charge in [-0.1, -0.05) is 6.92 Å². The van der Waals surface area contributed by atoms with Gasteiger partial charge in [-0.25, -0.2) is 0 Å². The lowest BCUT2D eigenvalue weighted by molar-refractivity contribution is -0.137. The number of rotatable bonds is 5. The normalized spacial score (nSPS) is 14.7. The van der Waals surface area contributed by atoms with Crippen LogP contribution in [-0.2, 0) is 6.18 Å². The molecule has 3 nitrogen and oxygen atoms in total. The van der Waals surface area contributed by atoms with Crippen LogP contribution in [0.1, 0.15) is 36.2 Å². The third-order valence-corrected chi connectivity index (χ3v) is 2.83. The predicted molar refractivity (Wildman–Crippen MR) is 69.2 cm³/mol. The van der Waals surface area contributed by atoms with Gasteiger partial charge >= 0.3 is 6.18 Å². The molecular weight excluding hydrogens is 271 g/mol. The van der Waals surface area contributed by atoms with Crippen LogP contribution in [0.2, 0.25) is 0 Å². The molecule has 1 aromatic carbocycles. The maximum Gasteiger partial charge on any atom is 0.416 e. The summed E-state index contributed by atoms with van der Waals surface area (Å²) in [5, 5.41) is 11.8. The number of aliphatic hydroxyl groups excluding tert-OH is 1. The van der Waals surface area contributed by atoms with Gasteiger partial charge < -0.3 is 10.4 Å². The van der Waals surface area contributed by atoms with Gasteiger partial charge in [-0.2, -0.15) is 13.2 Å². The highest BCUT2D eigenvalue weighted by molar-refractivity contribution is 5.94. The molecule has 0 aliphatic heterocycles. The zero-order chi connectivity index (χ0) is 15.3. The fraction of sp³-hybridized carbons (Fsp3) is 0.500. The number of benzene rings is 1. The number of carbonyl (C=O) groups excluding carboxylic acids is 1. The van der Waals surface area contributed by atoms with Crippen LogP contribution in [0.25, 0.3) is 0 Å². The molecular formula is C14H18F3NO2. The number of hydrogen-bond donors (Lipinski definition) is 2. The number of halogens is 3. The van der Waals surface area contributed by atoms with Crippen molar-refractivity contribution in [2.45, 2.75) is 32.5 Å². The molecule has 0 spiro atoms. The van der Waals surface area contributed by atoms with Crippen LogP contribution in [0.5, 0.6) is 0 Å². The molecule has 0 radical (unpaired) electrons. The standard InChI is InChI=1S/C14H18F3NO2/c1-9(7-10(2)19)8-18-13(20)11-3-5-12(6-4-11)14(15,16)17/h3-6,9-10,19H,7-8H2,1-2H3,(H,18,20). The van der Waals surface area contributed by atoms with Gasteiger partial charge in [0.1, 0.15) is 0 Å². The van der Waals surface area contributed by atoms with Crippen LogP contribution in [0.4, 0.5) is 13.2 Å². The summed E-state index contributed by atoms with van der Waals surface area (Å²) in [5.74, 6) is -0.329. The van der Waals surface area contributed by atoms with E-state index in [4.69, 9.17) is 0 Å². The zero-order valence-electron chi connectivity index (χ0n) is 11.4. The first-order chi connectivity index (χ1) is 9.20. The van der Waals surface area contributed by atoms with E-state index in [9.17, 15) is 23.1 Å². The molecule has 6 heteroatoms. The van der Waals surface area contributed by atoms with Crippen LogP contribution >= 0.6 is 0 Å². The molecule has 0 aromatic heterocycles. The van der Waals surface area contributed by atoms with Gasteiger partial charge in [-0.15, -0.1) is 0 Å². The van der Waals surface area contributed by atoms with Crippen molar-refractivity contribution in [1.29, 1.82) is 0 Å². The third kappa shape index (κ3) is 5.21. The number of aliphatic hydroxyl groups is 1. The van der Waals surface area contributed by atoms with Gasteiger partial charge in [0.15, 0.2) is 0 Å². The van der Waals surface area contributed by atoms with E-state index in [2.05, 4.69) is 5.32 Å². The minimum atomic E-state index is -4.40. The van der Waals surface area contributed by atoms with Gasteiger partial charge in [0, 0.05) is 12.1 Å². The van der Waals surface area contributed by atoms with Crippen molar-refractivity contribution in [2.75, 3.05) is 6.54 Å². The number of hydrogen-bond acceptors (Lipinski definition) is 2.